The van der Waals surface area contributed by atoms with Crippen molar-refractivity contribution >= 4 is 23.3 Å². The van der Waals surface area contributed by atoms with Gasteiger partial charge in [0, 0.05) is 30.9 Å². The summed E-state index contributed by atoms with van der Waals surface area (Å²) in [7, 11) is 0. The summed E-state index contributed by atoms with van der Waals surface area (Å²) < 4.78 is 19.2. The van der Waals surface area contributed by atoms with E-state index in [0.717, 1.165) is 19.3 Å². The number of rotatable bonds is 5. The van der Waals surface area contributed by atoms with Crippen LogP contribution in [-0.4, -0.2) is 46.6 Å². The van der Waals surface area contributed by atoms with Crippen LogP contribution in [0.3, 0.4) is 0 Å². The molecule has 0 bridgehead atoms. The van der Waals surface area contributed by atoms with E-state index in [4.69, 9.17) is 4.74 Å². The highest BCUT2D eigenvalue weighted by molar-refractivity contribution is 7.09. The molecule has 162 valence electrons. The van der Waals surface area contributed by atoms with Crippen LogP contribution in [0, 0.1) is 5.82 Å². The predicted molar refractivity (Wildman–Crippen MR) is 114 cm³/mol. The van der Waals surface area contributed by atoms with Crippen molar-refractivity contribution in [2.75, 3.05) is 13.1 Å². The maximum Gasteiger partial charge on any atom is 0.407 e. The van der Waals surface area contributed by atoms with Gasteiger partial charge in [-0.15, -0.1) is 11.3 Å². The molecule has 3 rings (SSSR count). The second kappa shape index (κ2) is 9.55. The Hall–Kier alpha value is -2.48. The Labute approximate surface area is 180 Å². The summed E-state index contributed by atoms with van der Waals surface area (Å²) in [5.74, 6) is -0.424. The summed E-state index contributed by atoms with van der Waals surface area (Å²) in [5.41, 5.74) is 0.361. The molecule has 2 amide bonds. The Kier molecular flexibility index (Phi) is 7.07. The molecule has 1 aliphatic rings. The molecular formula is C22H28FN3O3S. The van der Waals surface area contributed by atoms with Gasteiger partial charge in [0.2, 0.25) is 0 Å². The lowest BCUT2D eigenvalue weighted by Gasteiger charge is -2.35. The van der Waals surface area contributed by atoms with Crippen molar-refractivity contribution in [1.82, 2.24) is 15.2 Å². The molecule has 2 aromatic rings. The van der Waals surface area contributed by atoms with Crippen molar-refractivity contribution in [3.05, 3.63) is 51.7 Å². The first-order valence-corrected chi connectivity index (χ1v) is 11.1. The first kappa shape index (κ1) is 22.2. The van der Waals surface area contributed by atoms with Gasteiger partial charge in [-0.3, -0.25) is 4.79 Å². The van der Waals surface area contributed by atoms with Gasteiger partial charge < -0.3 is 15.0 Å². The van der Waals surface area contributed by atoms with E-state index in [2.05, 4.69) is 10.3 Å². The molecule has 0 unspecified atom stereocenters. The van der Waals surface area contributed by atoms with Crippen LogP contribution in [0.2, 0.25) is 0 Å². The average molecular weight is 434 g/mol. The Morgan fingerprint density at radius 2 is 2.07 bits per heavy atom. The number of benzene rings is 1. The smallest absolute Gasteiger partial charge is 0.407 e. The largest absolute Gasteiger partial charge is 0.444 e. The van der Waals surface area contributed by atoms with E-state index in [1.54, 1.807) is 28.5 Å². The van der Waals surface area contributed by atoms with E-state index < -0.39 is 11.7 Å². The van der Waals surface area contributed by atoms with E-state index in [9.17, 15) is 14.0 Å². The maximum absolute atomic E-state index is 13.9. The highest BCUT2D eigenvalue weighted by atomic mass is 32.1. The SMILES string of the molecule is CC(C)(C)OC(=O)NC[C@H]1CCCCN1C(=O)c1csc(Cc2ccccc2F)n1. The zero-order chi connectivity index (χ0) is 21.7. The third kappa shape index (κ3) is 6.01. The van der Waals surface area contributed by atoms with Gasteiger partial charge in [-0.05, 0) is 51.7 Å². The fourth-order valence-corrected chi connectivity index (χ4v) is 4.23. The Morgan fingerprint density at radius 3 is 2.80 bits per heavy atom. The minimum Gasteiger partial charge on any atom is -0.444 e. The van der Waals surface area contributed by atoms with E-state index in [-0.39, 0.29) is 17.8 Å². The van der Waals surface area contributed by atoms with E-state index in [0.29, 0.717) is 35.8 Å². The van der Waals surface area contributed by atoms with Crippen LogP contribution in [0.1, 0.15) is 61.1 Å². The molecule has 0 spiro atoms. The molecule has 1 fully saturated rings. The van der Waals surface area contributed by atoms with Crippen LogP contribution in [0.25, 0.3) is 0 Å². The van der Waals surface area contributed by atoms with Crippen molar-refractivity contribution < 1.29 is 18.7 Å². The third-order valence-corrected chi connectivity index (χ3v) is 5.69. The van der Waals surface area contributed by atoms with Crippen LogP contribution in [0.5, 0.6) is 0 Å². The number of nitrogens with one attached hydrogen (secondary N) is 1. The number of amides is 2. The van der Waals surface area contributed by atoms with Crippen LogP contribution in [0.15, 0.2) is 29.6 Å². The molecule has 1 aromatic heterocycles. The molecule has 1 aromatic carbocycles. The number of nitrogens with zero attached hydrogens (tertiary/aromatic N) is 2. The monoisotopic (exact) mass is 433 g/mol. The van der Waals surface area contributed by atoms with Crippen molar-refractivity contribution in [2.24, 2.45) is 0 Å². The lowest BCUT2D eigenvalue weighted by Crippen LogP contribution is -2.50. The second-order valence-electron chi connectivity index (χ2n) is 8.43. The van der Waals surface area contributed by atoms with E-state index in [1.807, 2.05) is 20.8 Å². The number of likely N-dealkylation sites (tertiary alicyclic amines) is 1. The van der Waals surface area contributed by atoms with Gasteiger partial charge in [-0.2, -0.15) is 0 Å². The molecule has 1 aliphatic heterocycles. The number of thiazole rings is 1. The van der Waals surface area contributed by atoms with Crippen LogP contribution in [0.4, 0.5) is 9.18 Å². The van der Waals surface area contributed by atoms with Gasteiger partial charge in [-0.1, -0.05) is 18.2 Å². The number of alkyl carbamates (subject to hydrolysis) is 1. The number of hydrogen-bond donors (Lipinski definition) is 1. The van der Waals surface area contributed by atoms with Gasteiger partial charge in [0.15, 0.2) is 0 Å². The molecule has 1 saturated heterocycles. The number of ether oxygens (including phenoxy) is 1. The van der Waals surface area contributed by atoms with Crippen molar-refractivity contribution in [3.8, 4) is 0 Å². The van der Waals surface area contributed by atoms with Gasteiger partial charge in [0.25, 0.3) is 5.91 Å². The summed E-state index contributed by atoms with van der Waals surface area (Å²) >= 11 is 1.36. The van der Waals surface area contributed by atoms with E-state index in [1.165, 1.54) is 17.4 Å². The van der Waals surface area contributed by atoms with Crippen molar-refractivity contribution in [1.29, 1.82) is 0 Å². The quantitative estimate of drug-likeness (QED) is 0.759. The normalized spacial score (nSPS) is 16.9. The minimum absolute atomic E-state index is 0.101. The Balaban J connectivity index is 1.63. The molecule has 30 heavy (non-hydrogen) atoms. The highest BCUT2D eigenvalue weighted by Gasteiger charge is 2.29. The molecule has 1 N–H and O–H groups in total. The summed E-state index contributed by atoms with van der Waals surface area (Å²) in [5, 5.41) is 5.20. The maximum atomic E-state index is 13.9. The zero-order valence-electron chi connectivity index (χ0n) is 17.6. The Bertz CT molecular complexity index is 894. The average Bonchev–Trinajstić information content (AvgIpc) is 3.15. The van der Waals surface area contributed by atoms with Crippen LogP contribution < -0.4 is 5.32 Å². The minimum atomic E-state index is -0.568. The standard InChI is InChI=1S/C22H28FN3O3S/c1-22(2,3)29-21(28)24-13-16-9-6-7-11-26(16)20(27)18-14-30-19(25-18)12-15-8-4-5-10-17(15)23/h4-5,8,10,14,16H,6-7,9,11-13H2,1-3H3,(H,24,28)/t16-/m1/s1. The van der Waals surface area contributed by atoms with Gasteiger partial charge in [0.1, 0.15) is 17.1 Å². The third-order valence-electron chi connectivity index (χ3n) is 4.84. The summed E-state index contributed by atoms with van der Waals surface area (Å²) in [6.45, 7) is 6.39. The molecule has 6 nitrogen and oxygen atoms in total. The van der Waals surface area contributed by atoms with Gasteiger partial charge in [-0.25, -0.2) is 14.2 Å². The first-order valence-electron chi connectivity index (χ1n) is 10.2. The second-order valence-corrected chi connectivity index (χ2v) is 9.37. The topological polar surface area (TPSA) is 71.5 Å². The molecule has 2 heterocycles. The predicted octanol–water partition coefficient (Wildman–Crippen LogP) is 4.39. The van der Waals surface area contributed by atoms with Gasteiger partial charge >= 0.3 is 6.09 Å². The molecular weight excluding hydrogens is 405 g/mol. The molecule has 1 atom stereocenters. The Morgan fingerprint density at radius 1 is 1.30 bits per heavy atom. The highest BCUT2D eigenvalue weighted by Crippen LogP contribution is 2.22. The fraction of sp³-hybridized carbons (Fsp3) is 0.500. The van der Waals surface area contributed by atoms with Crippen molar-refractivity contribution in [3.63, 3.8) is 0 Å². The van der Waals surface area contributed by atoms with Gasteiger partial charge in [0.05, 0.1) is 5.01 Å². The lowest BCUT2D eigenvalue weighted by atomic mass is 10.0. The zero-order valence-corrected chi connectivity index (χ0v) is 18.4. The fourth-order valence-electron chi connectivity index (χ4n) is 3.44. The number of halogens is 1. The number of hydrogen-bond acceptors (Lipinski definition) is 5. The lowest BCUT2D eigenvalue weighted by molar-refractivity contribution is 0.0461. The summed E-state index contributed by atoms with van der Waals surface area (Å²) in [6, 6.07) is 6.48. The van der Waals surface area contributed by atoms with Crippen LogP contribution >= 0.6 is 11.3 Å². The summed E-state index contributed by atoms with van der Waals surface area (Å²) in [6.07, 6.45) is 2.60. The van der Waals surface area contributed by atoms with Crippen LogP contribution in [-0.2, 0) is 11.2 Å². The van der Waals surface area contributed by atoms with E-state index >= 15 is 0 Å². The molecule has 0 radical (unpaired) electrons. The number of aromatic nitrogens is 1. The summed E-state index contributed by atoms with van der Waals surface area (Å²) in [4.78, 5) is 31.3. The van der Waals surface area contributed by atoms with Crippen molar-refractivity contribution in [2.45, 2.75) is 58.1 Å². The molecule has 0 saturated carbocycles. The molecule has 8 heteroatoms. The number of carbonyl (C=O) groups is 2. The molecule has 0 aliphatic carbocycles. The number of piperidine rings is 1. The number of carbonyl (C=O) groups excluding carboxylic acids is 2. The first-order chi connectivity index (χ1) is 14.2.